The molecule has 13 heteroatoms. The number of thiophene rings is 1. The molecule has 0 bridgehead atoms. The van der Waals surface area contributed by atoms with Crippen molar-refractivity contribution in [1.29, 1.82) is 0 Å². The highest BCUT2D eigenvalue weighted by Gasteiger charge is 2.19. The molecule has 0 atom stereocenters. The van der Waals surface area contributed by atoms with Gasteiger partial charge in [-0.2, -0.15) is 0 Å². The first-order valence-electron chi connectivity index (χ1n) is 7.60. The topological polar surface area (TPSA) is 149 Å². The molecule has 0 fully saturated rings. The van der Waals surface area contributed by atoms with Crippen LogP contribution in [-0.4, -0.2) is 47.8 Å². The van der Waals surface area contributed by atoms with E-state index in [1.165, 1.54) is 50.5 Å². The first-order chi connectivity index (χ1) is 13.2. The molecule has 0 unspecified atom stereocenters. The molecule has 1 aromatic carbocycles. The molecule has 28 heavy (non-hydrogen) atoms. The second-order valence-electron chi connectivity index (χ2n) is 5.57. The molecular formula is C15H13N5O6S2. The third kappa shape index (κ3) is 3.90. The van der Waals surface area contributed by atoms with E-state index in [2.05, 4.69) is 15.5 Å². The molecule has 0 aliphatic heterocycles. The molecule has 0 saturated carbocycles. The van der Waals surface area contributed by atoms with Gasteiger partial charge in [-0.15, -0.1) is 5.10 Å². The van der Waals surface area contributed by atoms with E-state index in [1.54, 1.807) is 0 Å². The molecular weight excluding hydrogens is 410 g/mol. The van der Waals surface area contributed by atoms with Gasteiger partial charge in [0.2, 0.25) is 15.9 Å². The van der Waals surface area contributed by atoms with Gasteiger partial charge < -0.3 is 4.42 Å². The first kappa shape index (κ1) is 19.6. The maximum Gasteiger partial charge on any atom is 0.324 e. The summed E-state index contributed by atoms with van der Waals surface area (Å²) in [5.41, 5.74) is 0.456. The predicted octanol–water partition coefficient (Wildman–Crippen LogP) is 2.21. The van der Waals surface area contributed by atoms with Crippen LogP contribution in [0.4, 0.5) is 11.0 Å². The number of rotatable bonds is 6. The van der Waals surface area contributed by atoms with Crippen molar-refractivity contribution in [2.45, 2.75) is 4.90 Å². The molecule has 2 aromatic heterocycles. The Labute approximate surface area is 162 Å². The van der Waals surface area contributed by atoms with Crippen molar-refractivity contribution in [2.75, 3.05) is 19.4 Å². The van der Waals surface area contributed by atoms with Crippen molar-refractivity contribution < 1.29 is 22.6 Å². The smallest absolute Gasteiger partial charge is 0.324 e. The summed E-state index contributed by atoms with van der Waals surface area (Å²) in [5, 5.41) is 20.4. The van der Waals surface area contributed by atoms with Crippen molar-refractivity contribution in [3.8, 4) is 11.5 Å². The fourth-order valence-electron chi connectivity index (χ4n) is 2.08. The number of sulfonamides is 1. The lowest BCUT2D eigenvalue weighted by Crippen LogP contribution is -2.22. The van der Waals surface area contributed by atoms with E-state index < -0.39 is 20.9 Å². The van der Waals surface area contributed by atoms with E-state index in [9.17, 15) is 23.3 Å². The Hall–Kier alpha value is -3.16. The Morgan fingerprint density at radius 1 is 1.18 bits per heavy atom. The van der Waals surface area contributed by atoms with Gasteiger partial charge in [-0.3, -0.25) is 20.2 Å². The fourth-order valence-corrected chi connectivity index (χ4v) is 3.69. The van der Waals surface area contributed by atoms with Gasteiger partial charge in [0.1, 0.15) is 0 Å². The lowest BCUT2D eigenvalue weighted by Gasteiger charge is -2.11. The lowest BCUT2D eigenvalue weighted by atomic mass is 10.2. The van der Waals surface area contributed by atoms with Crippen LogP contribution >= 0.6 is 11.3 Å². The summed E-state index contributed by atoms with van der Waals surface area (Å²) in [7, 11) is -0.700. The Morgan fingerprint density at radius 3 is 2.43 bits per heavy atom. The van der Waals surface area contributed by atoms with Crippen LogP contribution < -0.4 is 5.32 Å². The second-order valence-corrected chi connectivity index (χ2v) is 8.79. The zero-order chi connectivity index (χ0) is 20.5. The highest BCUT2D eigenvalue weighted by molar-refractivity contribution is 7.89. The number of nitrogens with one attached hydrogen (secondary N) is 1. The van der Waals surface area contributed by atoms with E-state index in [1.807, 2.05) is 0 Å². The lowest BCUT2D eigenvalue weighted by molar-refractivity contribution is -0.380. The number of nitrogens with zero attached hydrogens (tertiary/aromatic N) is 4. The minimum absolute atomic E-state index is 0.0706. The quantitative estimate of drug-likeness (QED) is 0.468. The fraction of sp³-hybridized carbons (Fsp3) is 0.133. The standard InChI is InChI=1S/C15H13N5O6S2/c1-19(2)28(24,25)10-5-3-9(4-6-10)14-17-18-15(26-14)16-13(21)11-7-8-12(27-11)20(22)23/h3-8H,1-2H3,(H,16,18,21). The zero-order valence-electron chi connectivity index (χ0n) is 14.5. The molecule has 0 spiro atoms. The van der Waals surface area contributed by atoms with Crippen molar-refractivity contribution in [1.82, 2.24) is 14.5 Å². The third-order valence-corrected chi connectivity index (χ3v) is 6.39. The van der Waals surface area contributed by atoms with Gasteiger partial charge in [-0.05, 0) is 30.3 Å². The predicted molar refractivity (Wildman–Crippen MR) is 99.5 cm³/mol. The van der Waals surface area contributed by atoms with Crippen LogP contribution in [0, 0.1) is 10.1 Å². The average Bonchev–Trinajstić information content (AvgIpc) is 3.31. The highest BCUT2D eigenvalue weighted by Crippen LogP contribution is 2.26. The number of anilines is 1. The molecule has 0 radical (unpaired) electrons. The number of carbonyl (C=O) groups is 1. The average molecular weight is 423 g/mol. The van der Waals surface area contributed by atoms with E-state index >= 15 is 0 Å². The van der Waals surface area contributed by atoms with Crippen LogP contribution in [0.3, 0.4) is 0 Å². The number of nitro groups is 1. The minimum atomic E-state index is -3.56. The highest BCUT2D eigenvalue weighted by atomic mass is 32.2. The van der Waals surface area contributed by atoms with Crippen LogP contribution in [-0.2, 0) is 10.0 Å². The van der Waals surface area contributed by atoms with Gasteiger partial charge in [0.25, 0.3) is 5.91 Å². The molecule has 3 rings (SSSR count). The van der Waals surface area contributed by atoms with Crippen LogP contribution in [0.2, 0.25) is 0 Å². The number of aromatic nitrogens is 2. The Bertz CT molecular complexity index is 1130. The molecule has 11 nitrogen and oxygen atoms in total. The van der Waals surface area contributed by atoms with Crippen molar-refractivity contribution >= 4 is 38.3 Å². The van der Waals surface area contributed by atoms with E-state index in [0.717, 1.165) is 4.31 Å². The maximum absolute atomic E-state index is 12.1. The summed E-state index contributed by atoms with van der Waals surface area (Å²) >= 11 is 0.716. The summed E-state index contributed by atoms with van der Waals surface area (Å²) in [6.45, 7) is 0. The number of amides is 1. The van der Waals surface area contributed by atoms with Crippen LogP contribution in [0.1, 0.15) is 9.67 Å². The number of hydrogen-bond donors (Lipinski definition) is 1. The summed E-state index contributed by atoms with van der Waals surface area (Å²) < 4.78 is 30.6. The minimum Gasteiger partial charge on any atom is -0.403 e. The Morgan fingerprint density at radius 2 is 1.86 bits per heavy atom. The van der Waals surface area contributed by atoms with Gasteiger partial charge in [0.05, 0.1) is 14.7 Å². The molecule has 0 saturated heterocycles. The molecule has 0 aliphatic rings. The Balaban J connectivity index is 1.75. The van der Waals surface area contributed by atoms with Gasteiger partial charge in [-0.1, -0.05) is 16.4 Å². The molecule has 1 amide bonds. The van der Waals surface area contributed by atoms with Crippen molar-refractivity contribution in [3.05, 3.63) is 51.4 Å². The number of benzene rings is 1. The molecule has 1 N–H and O–H groups in total. The van der Waals surface area contributed by atoms with Crippen LogP contribution in [0.15, 0.2) is 45.7 Å². The summed E-state index contributed by atoms with van der Waals surface area (Å²) in [6.07, 6.45) is 0. The third-order valence-electron chi connectivity index (χ3n) is 3.52. The Kier molecular flexibility index (Phi) is 5.22. The largest absolute Gasteiger partial charge is 0.403 e. The van der Waals surface area contributed by atoms with Crippen molar-refractivity contribution in [2.24, 2.45) is 0 Å². The second kappa shape index (κ2) is 7.46. The van der Waals surface area contributed by atoms with Gasteiger partial charge >= 0.3 is 11.0 Å². The van der Waals surface area contributed by atoms with E-state index in [0.29, 0.717) is 16.9 Å². The van der Waals surface area contributed by atoms with Gasteiger partial charge in [-0.25, -0.2) is 12.7 Å². The molecule has 2 heterocycles. The number of hydrogen-bond acceptors (Lipinski definition) is 9. The monoisotopic (exact) mass is 423 g/mol. The molecule has 3 aromatic rings. The zero-order valence-corrected chi connectivity index (χ0v) is 16.2. The van der Waals surface area contributed by atoms with Crippen LogP contribution in [0.5, 0.6) is 0 Å². The number of carbonyl (C=O) groups excluding carboxylic acids is 1. The van der Waals surface area contributed by atoms with Crippen molar-refractivity contribution in [3.63, 3.8) is 0 Å². The van der Waals surface area contributed by atoms with Gasteiger partial charge in [0, 0.05) is 25.7 Å². The van der Waals surface area contributed by atoms with Gasteiger partial charge in [0.15, 0.2) is 0 Å². The summed E-state index contributed by atoms with van der Waals surface area (Å²) in [4.78, 5) is 22.4. The summed E-state index contributed by atoms with van der Waals surface area (Å²) in [5.74, 6) is -0.554. The first-order valence-corrected chi connectivity index (χ1v) is 9.86. The van der Waals surface area contributed by atoms with E-state index in [-0.39, 0.29) is 26.7 Å². The maximum atomic E-state index is 12.1. The van der Waals surface area contributed by atoms with Crippen LogP contribution in [0.25, 0.3) is 11.5 Å². The SMILES string of the molecule is CN(C)S(=O)(=O)c1ccc(-c2nnc(NC(=O)c3ccc([N+](=O)[O-])s3)o2)cc1. The molecule has 146 valence electrons. The van der Waals surface area contributed by atoms with E-state index in [4.69, 9.17) is 4.42 Å². The summed E-state index contributed by atoms with van der Waals surface area (Å²) in [6, 6.07) is 8.15. The normalized spacial score (nSPS) is 11.5. The molecule has 0 aliphatic carbocycles.